The van der Waals surface area contributed by atoms with Crippen molar-refractivity contribution in [3.63, 3.8) is 0 Å². The first-order chi connectivity index (χ1) is 9.27. The van der Waals surface area contributed by atoms with Gasteiger partial charge < -0.3 is 5.32 Å². The van der Waals surface area contributed by atoms with E-state index in [1.165, 1.54) is 6.07 Å². The minimum Gasteiger partial charge on any atom is -0.311 e. The summed E-state index contributed by atoms with van der Waals surface area (Å²) < 4.78 is 0. The summed E-state index contributed by atoms with van der Waals surface area (Å²) in [4.78, 5) is 14.7. The Balaban J connectivity index is 1.85. The predicted molar refractivity (Wildman–Crippen MR) is 72.7 cm³/mol. The third-order valence-electron chi connectivity index (χ3n) is 2.79. The molecule has 0 atom stereocenters. The summed E-state index contributed by atoms with van der Waals surface area (Å²) in [5.41, 5.74) is 1.90. The van der Waals surface area contributed by atoms with Gasteiger partial charge in [0.05, 0.1) is 10.6 Å². The van der Waals surface area contributed by atoms with E-state index in [0.29, 0.717) is 19.5 Å². The second-order valence-electron chi connectivity index (χ2n) is 4.13. The normalized spacial score (nSPS) is 10.3. The first-order valence-electron chi connectivity index (χ1n) is 6.10. The number of nitro benzene ring substituents is 1. The highest BCUT2D eigenvalue weighted by Crippen LogP contribution is 2.17. The number of para-hydroxylation sites is 1. The van der Waals surface area contributed by atoms with Crippen LogP contribution >= 0.6 is 0 Å². The van der Waals surface area contributed by atoms with Crippen LogP contribution in [0.4, 0.5) is 5.69 Å². The van der Waals surface area contributed by atoms with Crippen molar-refractivity contribution in [3.8, 4) is 0 Å². The largest absolute Gasteiger partial charge is 0.311 e. The summed E-state index contributed by atoms with van der Waals surface area (Å²) in [7, 11) is 0. The summed E-state index contributed by atoms with van der Waals surface area (Å²) >= 11 is 0. The van der Waals surface area contributed by atoms with Crippen molar-refractivity contribution in [2.24, 2.45) is 0 Å². The Morgan fingerprint density at radius 2 is 1.95 bits per heavy atom. The fraction of sp³-hybridized carbons (Fsp3) is 0.214. The Morgan fingerprint density at radius 1 is 1.16 bits per heavy atom. The van der Waals surface area contributed by atoms with Gasteiger partial charge in [-0.25, -0.2) is 0 Å². The molecule has 0 amide bonds. The van der Waals surface area contributed by atoms with E-state index in [2.05, 4.69) is 10.3 Å². The summed E-state index contributed by atoms with van der Waals surface area (Å²) in [5.74, 6) is 0. The zero-order valence-corrected chi connectivity index (χ0v) is 10.5. The van der Waals surface area contributed by atoms with Crippen LogP contribution in [0.5, 0.6) is 0 Å². The van der Waals surface area contributed by atoms with Gasteiger partial charge >= 0.3 is 0 Å². The van der Waals surface area contributed by atoms with E-state index in [1.807, 2.05) is 24.3 Å². The maximum Gasteiger partial charge on any atom is 0.272 e. The first kappa shape index (κ1) is 13.2. The van der Waals surface area contributed by atoms with Crippen molar-refractivity contribution in [3.05, 3.63) is 70.0 Å². The molecule has 0 radical (unpaired) electrons. The number of nitro groups is 1. The Kier molecular flexibility index (Phi) is 4.58. The van der Waals surface area contributed by atoms with E-state index in [-0.39, 0.29) is 10.6 Å². The van der Waals surface area contributed by atoms with Gasteiger partial charge in [-0.1, -0.05) is 24.3 Å². The second kappa shape index (κ2) is 6.61. The average molecular weight is 257 g/mol. The number of benzene rings is 1. The summed E-state index contributed by atoms with van der Waals surface area (Å²) in [6.45, 7) is 1.35. The molecule has 0 aliphatic heterocycles. The van der Waals surface area contributed by atoms with E-state index in [9.17, 15) is 10.1 Å². The molecule has 5 nitrogen and oxygen atoms in total. The van der Waals surface area contributed by atoms with Gasteiger partial charge in [0.2, 0.25) is 0 Å². The Morgan fingerprint density at radius 3 is 2.68 bits per heavy atom. The minimum absolute atomic E-state index is 0.183. The van der Waals surface area contributed by atoms with Crippen LogP contribution in [-0.2, 0) is 13.0 Å². The van der Waals surface area contributed by atoms with Gasteiger partial charge in [-0.3, -0.25) is 15.1 Å². The van der Waals surface area contributed by atoms with Gasteiger partial charge in [-0.05, 0) is 25.1 Å². The first-order valence-corrected chi connectivity index (χ1v) is 6.10. The van der Waals surface area contributed by atoms with Crippen molar-refractivity contribution in [2.75, 3.05) is 6.54 Å². The minimum atomic E-state index is -0.339. The smallest absolute Gasteiger partial charge is 0.272 e. The van der Waals surface area contributed by atoms with Gasteiger partial charge in [0.1, 0.15) is 0 Å². The van der Waals surface area contributed by atoms with Crippen LogP contribution in [0.25, 0.3) is 0 Å². The lowest BCUT2D eigenvalue weighted by Gasteiger charge is -2.05. The summed E-state index contributed by atoms with van der Waals surface area (Å²) in [6.07, 6.45) is 2.38. The quantitative estimate of drug-likeness (QED) is 0.490. The molecule has 0 aliphatic carbocycles. The van der Waals surface area contributed by atoms with Crippen molar-refractivity contribution in [2.45, 2.75) is 13.0 Å². The molecular formula is C14H15N3O2. The van der Waals surface area contributed by atoms with Crippen LogP contribution in [0.1, 0.15) is 11.3 Å². The molecule has 2 aromatic rings. The highest BCUT2D eigenvalue weighted by molar-refractivity contribution is 5.39. The van der Waals surface area contributed by atoms with Gasteiger partial charge in [0, 0.05) is 24.4 Å². The molecule has 1 N–H and O–H groups in total. The molecule has 1 aromatic carbocycles. The highest BCUT2D eigenvalue weighted by atomic mass is 16.6. The Hall–Kier alpha value is -2.27. The summed E-state index contributed by atoms with van der Waals surface area (Å²) in [5, 5.41) is 14.1. The Bertz CT molecular complexity index is 543. The maximum atomic E-state index is 10.9. The van der Waals surface area contributed by atoms with Crippen molar-refractivity contribution >= 4 is 5.69 Å². The molecule has 0 fully saturated rings. The number of hydrogen-bond donors (Lipinski definition) is 1. The lowest BCUT2D eigenvalue weighted by atomic mass is 10.1. The number of nitrogens with one attached hydrogen (secondary N) is 1. The molecule has 2 rings (SSSR count). The molecular weight excluding hydrogens is 242 g/mol. The molecule has 1 aromatic heterocycles. The van der Waals surface area contributed by atoms with Gasteiger partial charge in [-0.2, -0.15) is 0 Å². The fourth-order valence-corrected chi connectivity index (χ4v) is 1.84. The molecule has 1 heterocycles. The molecule has 0 aliphatic rings. The third-order valence-corrected chi connectivity index (χ3v) is 2.79. The van der Waals surface area contributed by atoms with E-state index in [4.69, 9.17) is 0 Å². The van der Waals surface area contributed by atoms with Crippen LogP contribution in [-0.4, -0.2) is 16.5 Å². The topological polar surface area (TPSA) is 68.1 Å². The van der Waals surface area contributed by atoms with E-state index >= 15 is 0 Å². The number of pyridine rings is 1. The predicted octanol–water partition coefficient (Wildman–Crippen LogP) is 2.32. The molecule has 98 valence electrons. The van der Waals surface area contributed by atoms with Gasteiger partial charge in [0.25, 0.3) is 5.69 Å². The second-order valence-corrected chi connectivity index (χ2v) is 4.13. The molecule has 0 saturated heterocycles. The van der Waals surface area contributed by atoms with Gasteiger partial charge in [-0.15, -0.1) is 0 Å². The average Bonchev–Trinajstić information content (AvgIpc) is 2.45. The summed E-state index contributed by atoms with van der Waals surface area (Å²) in [6, 6.07) is 12.6. The number of rotatable bonds is 6. The van der Waals surface area contributed by atoms with E-state index < -0.39 is 0 Å². The molecule has 0 bridgehead atoms. The zero-order valence-electron chi connectivity index (χ0n) is 10.5. The van der Waals surface area contributed by atoms with Crippen LogP contribution in [0.2, 0.25) is 0 Å². The molecule has 19 heavy (non-hydrogen) atoms. The lowest BCUT2D eigenvalue weighted by Crippen LogP contribution is -2.17. The van der Waals surface area contributed by atoms with E-state index in [1.54, 1.807) is 18.3 Å². The third kappa shape index (κ3) is 3.86. The Labute approximate surface area is 111 Å². The molecule has 5 heteroatoms. The van der Waals surface area contributed by atoms with Crippen LogP contribution in [0.3, 0.4) is 0 Å². The van der Waals surface area contributed by atoms with E-state index in [0.717, 1.165) is 11.3 Å². The fourth-order valence-electron chi connectivity index (χ4n) is 1.84. The molecule has 0 spiro atoms. The van der Waals surface area contributed by atoms with Crippen molar-refractivity contribution in [1.29, 1.82) is 0 Å². The maximum absolute atomic E-state index is 10.9. The number of aromatic nitrogens is 1. The van der Waals surface area contributed by atoms with Crippen LogP contribution < -0.4 is 5.32 Å². The number of nitrogens with zero attached hydrogens (tertiary/aromatic N) is 2. The van der Waals surface area contributed by atoms with Crippen molar-refractivity contribution in [1.82, 2.24) is 10.3 Å². The zero-order chi connectivity index (χ0) is 13.5. The SMILES string of the molecule is O=[N+]([O-])c1ccccc1CCNCc1ccccn1. The molecule has 0 unspecified atom stereocenters. The number of hydrogen-bond acceptors (Lipinski definition) is 4. The molecule has 0 saturated carbocycles. The highest BCUT2D eigenvalue weighted by Gasteiger charge is 2.11. The lowest BCUT2D eigenvalue weighted by molar-refractivity contribution is -0.385. The van der Waals surface area contributed by atoms with Crippen molar-refractivity contribution < 1.29 is 4.92 Å². The van der Waals surface area contributed by atoms with Gasteiger partial charge in [0.15, 0.2) is 0 Å². The van der Waals surface area contributed by atoms with Crippen LogP contribution in [0.15, 0.2) is 48.7 Å². The standard InChI is InChI=1S/C14H15N3O2/c18-17(19)14-7-2-1-5-12(14)8-10-15-11-13-6-3-4-9-16-13/h1-7,9,15H,8,10-11H2. The van der Waals surface area contributed by atoms with Crippen LogP contribution in [0, 0.1) is 10.1 Å². The monoisotopic (exact) mass is 257 g/mol.